The molecule has 0 fully saturated rings. The van der Waals surface area contributed by atoms with Crippen molar-refractivity contribution in [2.24, 2.45) is 0 Å². The van der Waals surface area contributed by atoms with Gasteiger partial charge in [0.1, 0.15) is 5.01 Å². The summed E-state index contributed by atoms with van der Waals surface area (Å²) in [7, 11) is 0. The minimum absolute atomic E-state index is 0.174. The molecular formula is C16H21N5O3S2. The Balaban J connectivity index is 1.66. The van der Waals surface area contributed by atoms with Crippen LogP contribution in [0, 0.1) is 13.8 Å². The van der Waals surface area contributed by atoms with E-state index >= 15 is 0 Å². The monoisotopic (exact) mass is 395 g/mol. The van der Waals surface area contributed by atoms with Gasteiger partial charge in [0.15, 0.2) is 11.8 Å². The van der Waals surface area contributed by atoms with E-state index < -0.39 is 11.9 Å². The summed E-state index contributed by atoms with van der Waals surface area (Å²) in [4.78, 5) is 32.1. The third-order valence-electron chi connectivity index (χ3n) is 3.04. The average Bonchev–Trinajstić information content (AvgIpc) is 2.99. The van der Waals surface area contributed by atoms with Crippen molar-refractivity contribution in [2.45, 2.75) is 45.2 Å². The lowest BCUT2D eigenvalue weighted by Gasteiger charge is -2.05. The van der Waals surface area contributed by atoms with Gasteiger partial charge in [0.05, 0.1) is 6.42 Å². The molecule has 0 aliphatic rings. The second-order valence-electron chi connectivity index (χ2n) is 5.49. The first-order valence-electron chi connectivity index (χ1n) is 8.19. The van der Waals surface area contributed by atoms with E-state index in [0.29, 0.717) is 16.0 Å². The summed E-state index contributed by atoms with van der Waals surface area (Å²) in [6, 6.07) is 1.89. The predicted molar refractivity (Wildman–Crippen MR) is 100 cm³/mol. The number of amides is 1. The molecular weight excluding hydrogens is 374 g/mol. The molecule has 0 aliphatic heterocycles. The molecule has 140 valence electrons. The molecule has 10 heteroatoms. The molecule has 2 rings (SSSR count). The molecule has 0 aliphatic carbocycles. The number of aryl methyl sites for hydroxylation is 3. The predicted octanol–water partition coefficient (Wildman–Crippen LogP) is 2.56. The van der Waals surface area contributed by atoms with Gasteiger partial charge >= 0.3 is 5.97 Å². The third kappa shape index (κ3) is 7.04. The number of hydrogen-bond donors (Lipinski definition) is 1. The molecule has 0 saturated carbocycles. The molecule has 0 atom stereocenters. The third-order valence-corrected chi connectivity index (χ3v) is 4.79. The van der Waals surface area contributed by atoms with Crippen molar-refractivity contribution in [1.29, 1.82) is 0 Å². The van der Waals surface area contributed by atoms with Gasteiger partial charge < -0.3 is 4.74 Å². The zero-order valence-corrected chi connectivity index (χ0v) is 16.6. The van der Waals surface area contributed by atoms with Gasteiger partial charge in [-0.05, 0) is 26.3 Å². The molecule has 0 radical (unpaired) electrons. The highest BCUT2D eigenvalue weighted by atomic mass is 32.2. The van der Waals surface area contributed by atoms with Gasteiger partial charge in [0.2, 0.25) is 5.13 Å². The molecule has 2 aromatic heterocycles. The standard InChI is InChI=1S/C16H21N5O3S2/c1-4-5-13-20-21-16(26-13)19-12(22)9-24-14(23)6-7-25-15-17-10(2)8-11(3)18-15/h8H,4-7,9H2,1-3H3,(H,19,21,22). The van der Waals surface area contributed by atoms with Crippen LogP contribution in [0.5, 0.6) is 0 Å². The number of nitrogens with one attached hydrogen (secondary N) is 1. The number of nitrogens with zero attached hydrogens (tertiary/aromatic N) is 4. The minimum Gasteiger partial charge on any atom is -0.456 e. The van der Waals surface area contributed by atoms with E-state index in [0.717, 1.165) is 29.2 Å². The number of esters is 1. The summed E-state index contributed by atoms with van der Waals surface area (Å²) in [6.45, 7) is 5.50. The summed E-state index contributed by atoms with van der Waals surface area (Å²) in [5.74, 6) is -0.385. The molecule has 1 N–H and O–H groups in total. The van der Waals surface area contributed by atoms with Crippen LogP contribution in [0.1, 0.15) is 36.2 Å². The lowest BCUT2D eigenvalue weighted by molar-refractivity contribution is -0.146. The van der Waals surface area contributed by atoms with Crippen LogP contribution in [0.4, 0.5) is 5.13 Å². The second kappa shape index (κ2) is 10.2. The van der Waals surface area contributed by atoms with Crippen LogP contribution < -0.4 is 5.32 Å². The Hall–Kier alpha value is -2.07. The number of hydrogen-bond acceptors (Lipinski definition) is 9. The molecule has 0 aromatic carbocycles. The molecule has 26 heavy (non-hydrogen) atoms. The quantitative estimate of drug-likeness (QED) is 0.392. The van der Waals surface area contributed by atoms with E-state index in [-0.39, 0.29) is 13.0 Å². The summed E-state index contributed by atoms with van der Waals surface area (Å²) < 4.78 is 4.97. The molecule has 0 bridgehead atoms. The SMILES string of the molecule is CCCc1nnc(NC(=O)COC(=O)CCSc2nc(C)cc(C)n2)s1. The first-order chi connectivity index (χ1) is 12.5. The Morgan fingerprint density at radius 3 is 2.65 bits per heavy atom. The van der Waals surface area contributed by atoms with Gasteiger partial charge in [-0.3, -0.25) is 14.9 Å². The molecule has 2 aromatic rings. The number of thioether (sulfide) groups is 1. The minimum atomic E-state index is -0.444. The van der Waals surface area contributed by atoms with Gasteiger partial charge in [-0.1, -0.05) is 30.0 Å². The second-order valence-corrected chi connectivity index (χ2v) is 7.62. The summed E-state index contributed by atoms with van der Waals surface area (Å²) >= 11 is 2.70. The van der Waals surface area contributed by atoms with Crippen molar-refractivity contribution < 1.29 is 14.3 Å². The fraction of sp³-hybridized carbons (Fsp3) is 0.500. The van der Waals surface area contributed by atoms with Crippen molar-refractivity contribution in [1.82, 2.24) is 20.2 Å². The number of anilines is 1. The maximum absolute atomic E-state index is 11.8. The fourth-order valence-electron chi connectivity index (χ4n) is 1.98. The number of aromatic nitrogens is 4. The fourth-order valence-corrected chi connectivity index (χ4v) is 3.70. The van der Waals surface area contributed by atoms with Crippen molar-refractivity contribution in [3.63, 3.8) is 0 Å². The van der Waals surface area contributed by atoms with Crippen LogP contribution >= 0.6 is 23.1 Å². The van der Waals surface area contributed by atoms with E-state index in [9.17, 15) is 9.59 Å². The van der Waals surface area contributed by atoms with E-state index in [1.165, 1.54) is 23.1 Å². The smallest absolute Gasteiger partial charge is 0.307 e. The Morgan fingerprint density at radius 1 is 1.23 bits per heavy atom. The highest BCUT2D eigenvalue weighted by Crippen LogP contribution is 2.17. The maximum Gasteiger partial charge on any atom is 0.307 e. The van der Waals surface area contributed by atoms with E-state index in [2.05, 4.69) is 25.5 Å². The maximum atomic E-state index is 11.8. The van der Waals surface area contributed by atoms with Gasteiger partial charge in [-0.25, -0.2) is 9.97 Å². The first kappa shape index (κ1) is 20.2. The highest BCUT2D eigenvalue weighted by Gasteiger charge is 2.11. The number of rotatable bonds is 9. The summed E-state index contributed by atoms with van der Waals surface area (Å²) in [5, 5.41) is 12.3. The van der Waals surface area contributed by atoms with Crippen LogP contribution in [0.25, 0.3) is 0 Å². The Labute approximate surface area is 160 Å². The molecule has 8 nitrogen and oxygen atoms in total. The lowest BCUT2D eigenvalue weighted by Crippen LogP contribution is -2.21. The zero-order chi connectivity index (χ0) is 18.9. The van der Waals surface area contributed by atoms with Crippen LogP contribution in [0.3, 0.4) is 0 Å². The Kier molecular flexibility index (Phi) is 7.92. The molecule has 0 unspecified atom stereocenters. The first-order valence-corrected chi connectivity index (χ1v) is 9.99. The topological polar surface area (TPSA) is 107 Å². The van der Waals surface area contributed by atoms with Crippen molar-refractivity contribution in [3.05, 3.63) is 22.5 Å². The summed E-state index contributed by atoms with van der Waals surface area (Å²) in [6.07, 6.45) is 1.96. The van der Waals surface area contributed by atoms with Crippen LogP contribution in [-0.4, -0.2) is 44.4 Å². The lowest BCUT2D eigenvalue weighted by atomic mass is 10.4. The van der Waals surface area contributed by atoms with Crippen LogP contribution in [0.15, 0.2) is 11.2 Å². The van der Waals surface area contributed by atoms with E-state index in [1.54, 1.807) is 0 Å². The Bertz CT molecular complexity index is 746. The Morgan fingerprint density at radius 2 is 1.96 bits per heavy atom. The molecule has 1 amide bonds. The molecule has 0 spiro atoms. The van der Waals surface area contributed by atoms with Crippen molar-refractivity contribution >= 4 is 40.1 Å². The average molecular weight is 396 g/mol. The van der Waals surface area contributed by atoms with Gasteiger partial charge in [0, 0.05) is 23.6 Å². The van der Waals surface area contributed by atoms with Gasteiger partial charge in [0.25, 0.3) is 5.91 Å². The molecule has 2 heterocycles. The van der Waals surface area contributed by atoms with Gasteiger partial charge in [-0.15, -0.1) is 10.2 Å². The number of carbonyl (C=O) groups is 2. The van der Waals surface area contributed by atoms with Gasteiger partial charge in [-0.2, -0.15) is 0 Å². The normalized spacial score (nSPS) is 10.6. The zero-order valence-electron chi connectivity index (χ0n) is 14.9. The van der Waals surface area contributed by atoms with Crippen LogP contribution in [-0.2, 0) is 20.7 Å². The highest BCUT2D eigenvalue weighted by molar-refractivity contribution is 7.99. The summed E-state index contributed by atoms with van der Waals surface area (Å²) in [5.41, 5.74) is 1.77. The number of carbonyl (C=O) groups excluding carboxylic acids is 2. The molecule has 0 saturated heterocycles. The van der Waals surface area contributed by atoms with Crippen molar-refractivity contribution in [2.75, 3.05) is 17.7 Å². The van der Waals surface area contributed by atoms with E-state index in [1.807, 2.05) is 26.8 Å². The largest absolute Gasteiger partial charge is 0.456 e. The van der Waals surface area contributed by atoms with Crippen LogP contribution in [0.2, 0.25) is 0 Å². The van der Waals surface area contributed by atoms with E-state index in [4.69, 9.17) is 4.74 Å². The number of ether oxygens (including phenoxy) is 1. The van der Waals surface area contributed by atoms with Crippen molar-refractivity contribution in [3.8, 4) is 0 Å².